The predicted molar refractivity (Wildman–Crippen MR) is 88.6 cm³/mol. The van der Waals surface area contributed by atoms with E-state index in [9.17, 15) is 14.7 Å². The molecular formula is C16H17Cl2N2O4-. The summed E-state index contributed by atoms with van der Waals surface area (Å²) in [6.07, 6.45) is -0.234. The Morgan fingerprint density at radius 3 is 2.67 bits per heavy atom. The standard InChI is InChI=1S/C16H18Cl2N2O4/c1-9(20-2-4-24-5-3-20)16(15(22)23)8-13(21)14-11(18)6-10(17)7-12(14)19-16/h6-7,9,19H,2-5,8H2,1H3,(H,22,23)/p-1. The lowest BCUT2D eigenvalue weighted by atomic mass is 9.79. The van der Waals surface area contributed by atoms with E-state index in [2.05, 4.69) is 5.32 Å². The number of benzene rings is 1. The molecule has 2 aliphatic rings. The van der Waals surface area contributed by atoms with Gasteiger partial charge >= 0.3 is 0 Å². The van der Waals surface area contributed by atoms with Gasteiger partial charge in [-0.3, -0.25) is 9.69 Å². The van der Waals surface area contributed by atoms with E-state index in [1.165, 1.54) is 12.1 Å². The zero-order valence-electron chi connectivity index (χ0n) is 13.1. The number of nitrogens with zero attached hydrogens (tertiary/aromatic N) is 1. The van der Waals surface area contributed by atoms with Gasteiger partial charge < -0.3 is 20.0 Å². The van der Waals surface area contributed by atoms with Crippen LogP contribution in [0.4, 0.5) is 5.69 Å². The Balaban J connectivity index is 2.02. The third-order valence-corrected chi connectivity index (χ3v) is 5.32. The van der Waals surface area contributed by atoms with Gasteiger partial charge in [0, 0.05) is 36.3 Å². The summed E-state index contributed by atoms with van der Waals surface area (Å²) in [5.74, 6) is -1.66. The molecule has 6 nitrogen and oxygen atoms in total. The molecular weight excluding hydrogens is 355 g/mol. The normalized spacial score (nSPS) is 25.7. The summed E-state index contributed by atoms with van der Waals surface area (Å²) in [6, 6.07) is 2.52. The van der Waals surface area contributed by atoms with Crippen LogP contribution in [0.25, 0.3) is 0 Å². The Labute approximate surface area is 149 Å². The van der Waals surface area contributed by atoms with Gasteiger partial charge in [-0.05, 0) is 19.1 Å². The fourth-order valence-electron chi connectivity index (χ4n) is 3.40. The fraction of sp³-hybridized carbons (Fsp3) is 0.500. The van der Waals surface area contributed by atoms with Crippen molar-refractivity contribution in [2.24, 2.45) is 0 Å². The summed E-state index contributed by atoms with van der Waals surface area (Å²) < 4.78 is 5.31. The zero-order chi connectivity index (χ0) is 17.5. The van der Waals surface area contributed by atoms with Crippen LogP contribution in [0.1, 0.15) is 23.7 Å². The highest BCUT2D eigenvalue weighted by Crippen LogP contribution is 2.39. The number of hydrogen-bond acceptors (Lipinski definition) is 6. The Morgan fingerprint density at radius 1 is 1.38 bits per heavy atom. The molecule has 1 aromatic carbocycles. The van der Waals surface area contributed by atoms with E-state index >= 15 is 0 Å². The van der Waals surface area contributed by atoms with E-state index in [1.54, 1.807) is 6.92 Å². The number of ether oxygens (including phenoxy) is 1. The van der Waals surface area contributed by atoms with Crippen molar-refractivity contribution >= 4 is 40.6 Å². The first-order chi connectivity index (χ1) is 11.3. The number of anilines is 1. The summed E-state index contributed by atoms with van der Waals surface area (Å²) in [5.41, 5.74) is -0.949. The molecule has 3 rings (SSSR count). The Kier molecular flexibility index (Phi) is 4.75. The number of carboxylic acid groups (broad SMARTS) is 1. The summed E-state index contributed by atoms with van der Waals surface area (Å²) in [5, 5.41) is 15.6. The van der Waals surface area contributed by atoms with Gasteiger partial charge in [0.15, 0.2) is 5.78 Å². The number of hydrogen-bond donors (Lipinski definition) is 1. The average Bonchev–Trinajstić information content (AvgIpc) is 2.53. The molecule has 0 aliphatic carbocycles. The SMILES string of the molecule is CC(N1CCOCC1)C1(C(=O)[O-])CC(=O)c2c(Cl)cc(Cl)cc2N1. The lowest BCUT2D eigenvalue weighted by Gasteiger charge is -2.49. The van der Waals surface area contributed by atoms with Crippen molar-refractivity contribution in [3.8, 4) is 0 Å². The van der Waals surface area contributed by atoms with Crippen molar-refractivity contribution < 1.29 is 19.4 Å². The number of aliphatic carboxylic acids is 1. The molecule has 2 atom stereocenters. The number of Topliss-reactive ketones (excluding diaryl/α,β-unsaturated/α-hetero) is 1. The fourth-order valence-corrected chi connectivity index (χ4v) is 4.00. The highest BCUT2D eigenvalue weighted by atomic mass is 35.5. The van der Waals surface area contributed by atoms with Gasteiger partial charge in [-0.2, -0.15) is 0 Å². The van der Waals surface area contributed by atoms with E-state index in [4.69, 9.17) is 27.9 Å². The number of ketones is 1. The molecule has 130 valence electrons. The molecule has 24 heavy (non-hydrogen) atoms. The second-order valence-corrected chi connectivity index (χ2v) is 6.96. The van der Waals surface area contributed by atoms with Crippen LogP contribution in [0.2, 0.25) is 10.0 Å². The van der Waals surface area contributed by atoms with Gasteiger partial charge in [-0.25, -0.2) is 0 Å². The maximum absolute atomic E-state index is 12.6. The number of carboxylic acids is 1. The minimum absolute atomic E-state index is 0.209. The molecule has 1 saturated heterocycles. The molecule has 1 fully saturated rings. The third-order valence-electron chi connectivity index (χ3n) is 4.80. The minimum atomic E-state index is -1.55. The Bertz CT molecular complexity index is 691. The quantitative estimate of drug-likeness (QED) is 0.859. The number of fused-ring (bicyclic) bond motifs is 1. The van der Waals surface area contributed by atoms with Crippen LogP contribution in [0.5, 0.6) is 0 Å². The zero-order valence-corrected chi connectivity index (χ0v) is 14.6. The monoisotopic (exact) mass is 371 g/mol. The first-order valence-corrected chi connectivity index (χ1v) is 8.44. The average molecular weight is 372 g/mol. The van der Waals surface area contributed by atoms with Crippen molar-refractivity contribution in [3.05, 3.63) is 27.7 Å². The molecule has 0 bridgehead atoms. The maximum Gasteiger partial charge on any atom is 0.169 e. The lowest BCUT2D eigenvalue weighted by molar-refractivity contribution is -0.314. The van der Waals surface area contributed by atoms with Crippen molar-refractivity contribution in [2.75, 3.05) is 31.6 Å². The summed E-state index contributed by atoms with van der Waals surface area (Å²) in [7, 11) is 0. The summed E-state index contributed by atoms with van der Waals surface area (Å²) in [6.45, 7) is 4.01. The van der Waals surface area contributed by atoms with Crippen LogP contribution in [-0.2, 0) is 9.53 Å². The van der Waals surface area contributed by atoms with Crippen molar-refractivity contribution in [1.82, 2.24) is 4.90 Å². The van der Waals surface area contributed by atoms with Crippen LogP contribution in [0, 0.1) is 0 Å². The second kappa shape index (κ2) is 6.52. The van der Waals surface area contributed by atoms with Crippen molar-refractivity contribution in [1.29, 1.82) is 0 Å². The second-order valence-electron chi connectivity index (χ2n) is 6.12. The summed E-state index contributed by atoms with van der Waals surface area (Å²) in [4.78, 5) is 26.6. The Morgan fingerprint density at radius 2 is 2.04 bits per heavy atom. The van der Waals surface area contributed by atoms with Crippen LogP contribution >= 0.6 is 23.2 Å². The summed E-state index contributed by atoms with van der Waals surface area (Å²) >= 11 is 12.1. The van der Waals surface area contributed by atoms with E-state index in [-0.39, 0.29) is 22.8 Å². The van der Waals surface area contributed by atoms with E-state index < -0.39 is 17.6 Å². The minimum Gasteiger partial charge on any atom is -0.547 e. The topological polar surface area (TPSA) is 81.7 Å². The molecule has 2 aliphatic heterocycles. The number of morpholine rings is 1. The van der Waals surface area contributed by atoms with Gasteiger partial charge in [0.2, 0.25) is 0 Å². The number of nitrogens with one attached hydrogen (secondary N) is 1. The van der Waals surface area contributed by atoms with Crippen LogP contribution < -0.4 is 10.4 Å². The van der Waals surface area contributed by atoms with Gasteiger partial charge in [0.1, 0.15) is 0 Å². The molecule has 8 heteroatoms. The highest BCUT2D eigenvalue weighted by Gasteiger charge is 2.47. The molecule has 0 aromatic heterocycles. The molecule has 0 radical (unpaired) electrons. The number of carbonyl (C=O) groups excluding carboxylic acids is 2. The first-order valence-electron chi connectivity index (χ1n) is 7.69. The number of halogens is 2. The Hall–Kier alpha value is -1.34. The maximum atomic E-state index is 12.6. The molecule has 2 heterocycles. The van der Waals surface area contributed by atoms with Crippen LogP contribution in [-0.4, -0.2) is 54.5 Å². The number of rotatable bonds is 3. The predicted octanol–water partition coefficient (Wildman–Crippen LogP) is 1.20. The largest absolute Gasteiger partial charge is 0.547 e. The third kappa shape index (κ3) is 2.88. The van der Waals surface area contributed by atoms with Crippen molar-refractivity contribution in [3.63, 3.8) is 0 Å². The van der Waals surface area contributed by atoms with Crippen LogP contribution in [0.3, 0.4) is 0 Å². The van der Waals surface area contributed by atoms with E-state index in [0.717, 1.165) is 0 Å². The van der Waals surface area contributed by atoms with Gasteiger partial charge in [0.25, 0.3) is 0 Å². The smallest absolute Gasteiger partial charge is 0.169 e. The van der Waals surface area contributed by atoms with E-state index in [0.29, 0.717) is 37.0 Å². The molecule has 1 N–H and O–H groups in total. The molecule has 0 spiro atoms. The van der Waals surface area contributed by atoms with E-state index in [1.807, 2.05) is 4.90 Å². The van der Waals surface area contributed by atoms with Crippen molar-refractivity contribution in [2.45, 2.75) is 24.9 Å². The molecule has 0 amide bonds. The number of carbonyl (C=O) groups is 2. The lowest BCUT2D eigenvalue weighted by Crippen LogP contribution is -2.68. The van der Waals surface area contributed by atoms with Crippen LogP contribution in [0.15, 0.2) is 12.1 Å². The molecule has 1 aromatic rings. The first kappa shape index (κ1) is 17.5. The van der Waals surface area contributed by atoms with Gasteiger partial charge in [-0.1, -0.05) is 23.2 Å². The van der Waals surface area contributed by atoms with Gasteiger partial charge in [0.05, 0.1) is 35.3 Å². The molecule has 2 unspecified atom stereocenters. The van der Waals surface area contributed by atoms with Gasteiger partial charge in [-0.15, -0.1) is 0 Å². The highest BCUT2D eigenvalue weighted by molar-refractivity contribution is 6.38. The molecule has 0 saturated carbocycles.